The molecule has 5 aromatic carbocycles. The minimum Gasteiger partial charge on any atom is -0.489 e. The van der Waals surface area contributed by atoms with Gasteiger partial charge >= 0.3 is 0 Å². The molecular weight excluding hydrogens is 550 g/mol. The van der Waals surface area contributed by atoms with Crippen LogP contribution in [0.1, 0.15) is 33.1 Å². The predicted molar refractivity (Wildman–Crippen MR) is 173 cm³/mol. The Kier molecular flexibility index (Phi) is 9.64. The number of hydrogen-bond donors (Lipinski definition) is 4. The van der Waals surface area contributed by atoms with Gasteiger partial charge in [0.15, 0.2) is 5.96 Å². The molecule has 0 aliphatic heterocycles. The lowest BCUT2D eigenvalue weighted by Crippen LogP contribution is -2.40. The molecule has 0 saturated heterocycles. The third kappa shape index (κ3) is 8.10. The molecule has 2 amide bonds. The molecule has 0 aromatic heterocycles. The molecule has 0 spiro atoms. The number of nitrogens with one attached hydrogen (secondary N) is 2. The fourth-order valence-corrected chi connectivity index (χ4v) is 4.59. The standard InChI is InChI=1S/C36H33N5O3/c37-36(38)40-31-19-11-25(12-20-31)23-39-35(43)33(29-17-21-32(22-18-29)44-24-26-7-3-1-4-8-26)41-34(42)30-15-13-28(14-16-30)27-9-5-2-6-10-27/h1-22,33H,23-24H2,(H,39,43)(H,41,42)(H4,37,38,40)/t33-/m0/s1. The van der Waals surface area contributed by atoms with Crippen LogP contribution in [0.4, 0.5) is 5.69 Å². The number of amides is 2. The van der Waals surface area contributed by atoms with Crippen molar-refractivity contribution in [3.8, 4) is 16.9 Å². The van der Waals surface area contributed by atoms with E-state index in [1.165, 1.54) is 0 Å². The smallest absolute Gasteiger partial charge is 0.252 e. The van der Waals surface area contributed by atoms with E-state index in [-0.39, 0.29) is 24.3 Å². The van der Waals surface area contributed by atoms with Crippen LogP contribution in [-0.4, -0.2) is 17.8 Å². The molecule has 5 aromatic rings. The number of carbonyl (C=O) groups is 2. The summed E-state index contributed by atoms with van der Waals surface area (Å²) in [5.74, 6) is -0.0995. The molecule has 0 unspecified atom stereocenters. The normalized spacial score (nSPS) is 11.2. The number of benzene rings is 5. The van der Waals surface area contributed by atoms with Crippen LogP contribution in [0.25, 0.3) is 11.1 Å². The molecule has 8 heteroatoms. The van der Waals surface area contributed by atoms with Crippen molar-refractivity contribution in [3.05, 3.63) is 156 Å². The first-order valence-electron chi connectivity index (χ1n) is 14.1. The van der Waals surface area contributed by atoms with Crippen molar-refractivity contribution in [2.45, 2.75) is 19.2 Å². The van der Waals surface area contributed by atoms with Gasteiger partial charge in [-0.05, 0) is 64.2 Å². The number of aliphatic imine (C=N–C) groups is 1. The second kappa shape index (κ2) is 14.3. The molecule has 0 radical (unpaired) electrons. The van der Waals surface area contributed by atoms with Crippen LogP contribution >= 0.6 is 0 Å². The molecule has 0 saturated carbocycles. The number of ether oxygens (including phenoxy) is 1. The second-order valence-corrected chi connectivity index (χ2v) is 10.1. The molecule has 0 aliphatic rings. The van der Waals surface area contributed by atoms with E-state index in [0.717, 1.165) is 22.3 Å². The van der Waals surface area contributed by atoms with Crippen molar-refractivity contribution < 1.29 is 14.3 Å². The lowest BCUT2D eigenvalue weighted by Gasteiger charge is -2.20. The van der Waals surface area contributed by atoms with E-state index in [1.807, 2.05) is 84.9 Å². The summed E-state index contributed by atoms with van der Waals surface area (Å²) in [4.78, 5) is 30.9. The summed E-state index contributed by atoms with van der Waals surface area (Å²) in [6.45, 7) is 0.666. The maximum absolute atomic E-state index is 13.5. The van der Waals surface area contributed by atoms with Crippen LogP contribution in [0.3, 0.4) is 0 Å². The van der Waals surface area contributed by atoms with Gasteiger partial charge in [0, 0.05) is 12.1 Å². The molecular formula is C36H33N5O3. The van der Waals surface area contributed by atoms with Crippen molar-refractivity contribution in [2.75, 3.05) is 0 Å². The number of carbonyl (C=O) groups excluding carboxylic acids is 2. The molecule has 0 aliphatic carbocycles. The maximum atomic E-state index is 13.5. The van der Waals surface area contributed by atoms with E-state index in [0.29, 0.717) is 29.2 Å². The van der Waals surface area contributed by atoms with Crippen LogP contribution in [0.15, 0.2) is 138 Å². The molecule has 220 valence electrons. The number of rotatable bonds is 11. The SMILES string of the molecule is NC(N)=Nc1ccc(CNC(=O)[C@@H](NC(=O)c2ccc(-c3ccccc3)cc2)c2ccc(OCc3ccccc3)cc2)cc1. The summed E-state index contributed by atoms with van der Waals surface area (Å²) in [6.07, 6.45) is 0. The van der Waals surface area contributed by atoms with Gasteiger partial charge in [-0.3, -0.25) is 9.59 Å². The zero-order valence-electron chi connectivity index (χ0n) is 24.0. The van der Waals surface area contributed by atoms with Gasteiger partial charge in [-0.1, -0.05) is 97.1 Å². The highest BCUT2D eigenvalue weighted by Gasteiger charge is 2.23. The van der Waals surface area contributed by atoms with Crippen LogP contribution in [0, 0.1) is 0 Å². The van der Waals surface area contributed by atoms with Crippen molar-refractivity contribution >= 4 is 23.5 Å². The van der Waals surface area contributed by atoms with Crippen LogP contribution in [0.5, 0.6) is 5.75 Å². The zero-order chi connectivity index (χ0) is 30.7. The van der Waals surface area contributed by atoms with Gasteiger partial charge in [0.2, 0.25) is 5.91 Å². The Hall–Kier alpha value is -5.89. The highest BCUT2D eigenvalue weighted by molar-refractivity contribution is 5.98. The molecule has 0 heterocycles. The Morgan fingerprint density at radius 2 is 1.30 bits per heavy atom. The summed E-state index contributed by atoms with van der Waals surface area (Å²) < 4.78 is 5.91. The second-order valence-electron chi connectivity index (χ2n) is 10.1. The Morgan fingerprint density at radius 1 is 0.682 bits per heavy atom. The summed E-state index contributed by atoms with van der Waals surface area (Å²) in [7, 11) is 0. The van der Waals surface area contributed by atoms with Gasteiger partial charge in [0.05, 0.1) is 5.69 Å². The molecule has 0 bridgehead atoms. The Bertz CT molecular complexity index is 1700. The quantitative estimate of drug-likeness (QED) is 0.118. The van der Waals surface area contributed by atoms with E-state index < -0.39 is 6.04 Å². The summed E-state index contributed by atoms with van der Waals surface area (Å²) in [6, 6.07) is 40.4. The Morgan fingerprint density at radius 3 is 1.93 bits per heavy atom. The van der Waals surface area contributed by atoms with Crippen molar-refractivity contribution in [1.82, 2.24) is 10.6 Å². The fraction of sp³-hybridized carbons (Fsp3) is 0.0833. The highest BCUT2D eigenvalue weighted by Crippen LogP contribution is 2.22. The molecule has 0 fully saturated rings. The first kappa shape index (κ1) is 29.6. The largest absolute Gasteiger partial charge is 0.489 e. The zero-order valence-corrected chi connectivity index (χ0v) is 24.0. The third-order valence-corrected chi connectivity index (χ3v) is 6.91. The predicted octanol–water partition coefficient (Wildman–Crippen LogP) is 5.63. The molecule has 5 rings (SSSR count). The first-order valence-corrected chi connectivity index (χ1v) is 14.1. The lowest BCUT2D eigenvalue weighted by atomic mass is 10.0. The van der Waals surface area contributed by atoms with Gasteiger partial charge in [-0.2, -0.15) is 0 Å². The Balaban J connectivity index is 1.31. The minimum absolute atomic E-state index is 0.0316. The summed E-state index contributed by atoms with van der Waals surface area (Å²) >= 11 is 0. The van der Waals surface area contributed by atoms with Crippen molar-refractivity contribution in [3.63, 3.8) is 0 Å². The van der Waals surface area contributed by atoms with Gasteiger partial charge in [-0.25, -0.2) is 4.99 Å². The van der Waals surface area contributed by atoms with Crippen molar-refractivity contribution in [2.24, 2.45) is 16.5 Å². The van der Waals surface area contributed by atoms with Gasteiger partial charge in [-0.15, -0.1) is 0 Å². The van der Waals surface area contributed by atoms with Crippen LogP contribution < -0.4 is 26.8 Å². The number of guanidine groups is 1. The highest BCUT2D eigenvalue weighted by atomic mass is 16.5. The minimum atomic E-state index is -0.944. The summed E-state index contributed by atoms with van der Waals surface area (Å²) in [5.41, 5.74) is 16.5. The van der Waals surface area contributed by atoms with Gasteiger partial charge in [0.1, 0.15) is 18.4 Å². The van der Waals surface area contributed by atoms with Gasteiger partial charge < -0.3 is 26.8 Å². The van der Waals surface area contributed by atoms with Crippen molar-refractivity contribution in [1.29, 1.82) is 0 Å². The number of hydrogen-bond acceptors (Lipinski definition) is 4. The summed E-state index contributed by atoms with van der Waals surface area (Å²) in [5, 5.41) is 5.85. The van der Waals surface area contributed by atoms with Gasteiger partial charge in [0.25, 0.3) is 5.91 Å². The topological polar surface area (TPSA) is 132 Å². The van der Waals surface area contributed by atoms with E-state index in [4.69, 9.17) is 16.2 Å². The average Bonchev–Trinajstić information content (AvgIpc) is 3.07. The number of nitrogens with two attached hydrogens (primary N) is 2. The Labute approximate surface area is 256 Å². The third-order valence-electron chi connectivity index (χ3n) is 6.91. The maximum Gasteiger partial charge on any atom is 0.252 e. The van der Waals surface area contributed by atoms with Crippen LogP contribution in [0.2, 0.25) is 0 Å². The van der Waals surface area contributed by atoms with Crippen LogP contribution in [-0.2, 0) is 17.9 Å². The van der Waals surface area contributed by atoms with E-state index >= 15 is 0 Å². The average molecular weight is 584 g/mol. The molecule has 44 heavy (non-hydrogen) atoms. The van der Waals surface area contributed by atoms with E-state index in [2.05, 4.69) is 15.6 Å². The van der Waals surface area contributed by atoms with E-state index in [1.54, 1.807) is 48.5 Å². The number of nitrogens with zero attached hydrogens (tertiary/aromatic N) is 1. The lowest BCUT2D eigenvalue weighted by molar-refractivity contribution is -0.123. The molecule has 1 atom stereocenters. The monoisotopic (exact) mass is 583 g/mol. The van der Waals surface area contributed by atoms with E-state index in [9.17, 15) is 9.59 Å². The molecule has 6 N–H and O–H groups in total. The first-order chi connectivity index (χ1) is 21.4. The fourth-order valence-electron chi connectivity index (χ4n) is 4.59. The molecule has 8 nitrogen and oxygen atoms in total.